The van der Waals surface area contributed by atoms with Gasteiger partial charge in [-0.2, -0.15) is 5.26 Å². The van der Waals surface area contributed by atoms with E-state index in [2.05, 4.69) is 15.9 Å². The van der Waals surface area contributed by atoms with Crippen molar-refractivity contribution in [3.8, 4) is 6.07 Å². The topological polar surface area (TPSA) is 47.3 Å². The van der Waals surface area contributed by atoms with Crippen molar-refractivity contribution in [1.82, 2.24) is 9.80 Å². The molecular weight excluding hydrogens is 298 g/mol. The highest BCUT2D eigenvalue weighted by molar-refractivity contribution is 5.94. The Kier molecular flexibility index (Phi) is 4.28. The molecule has 3 heterocycles. The lowest BCUT2D eigenvalue weighted by Gasteiger charge is -2.40. The maximum Gasteiger partial charge on any atom is 0.253 e. The summed E-state index contributed by atoms with van der Waals surface area (Å²) in [5.41, 5.74) is 1.31. The number of benzene rings is 1. The second-order valence-corrected chi connectivity index (χ2v) is 7.75. The number of amides is 1. The average Bonchev–Trinajstić information content (AvgIpc) is 2.89. The van der Waals surface area contributed by atoms with E-state index in [1.54, 1.807) is 24.3 Å². The van der Waals surface area contributed by atoms with Crippen LogP contribution < -0.4 is 0 Å². The van der Waals surface area contributed by atoms with Crippen molar-refractivity contribution in [2.45, 2.75) is 38.1 Å². The van der Waals surface area contributed by atoms with Gasteiger partial charge in [0.05, 0.1) is 11.6 Å². The Hall–Kier alpha value is -1.86. The molecule has 1 aromatic rings. The van der Waals surface area contributed by atoms with Gasteiger partial charge in [0.1, 0.15) is 0 Å². The molecule has 0 unspecified atom stereocenters. The predicted molar refractivity (Wildman–Crippen MR) is 92.5 cm³/mol. The smallest absolute Gasteiger partial charge is 0.253 e. The molecule has 24 heavy (non-hydrogen) atoms. The Morgan fingerprint density at radius 1 is 1.08 bits per heavy atom. The fraction of sp³-hybridized carbons (Fsp3) is 0.600. The Bertz CT molecular complexity index is 644. The van der Waals surface area contributed by atoms with E-state index in [9.17, 15) is 4.79 Å². The van der Waals surface area contributed by atoms with Crippen molar-refractivity contribution in [3.05, 3.63) is 35.4 Å². The third-order valence-corrected chi connectivity index (χ3v) is 6.09. The van der Waals surface area contributed by atoms with Gasteiger partial charge in [-0.25, -0.2) is 0 Å². The Labute approximate surface area is 144 Å². The summed E-state index contributed by atoms with van der Waals surface area (Å²) in [6, 6.07) is 9.70. The van der Waals surface area contributed by atoms with Crippen LogP contribution in [-0.4, -0.2) is 47.9 Å². The van der Waals surface area contributed by atoms with Gasteiger partial charge in [0.2, 0.25) is 0 Å². The first kappa shape index (κ1) is 15.7. The van der Waals surface area contributed by atoms with E-state index in [0.717, 1.165) is 25.6 Å². The van der Waals surface area contributed by atoms with Crippen LogP contribution in [0.25, 0.3) is 0 Å². The minimum Gasteiger partial charge on any atom is -0.337 e. The van der Waals surface area contributed by atoms with Crippen LogP contribution in [0.3, 0.4) is 0 Å². The van der Waals surface area contributed by atoms with Crippen molar-refractivity contribution < 1.29 is 4.79 Å². The largest absolute Gasteiger partial charge is 0.337 e. The van der Waals surface area contributed by atoms with E-state index in [1.165, 1.54) is 38.6 Å². The molecule has 4 nitrogen and oxygen atoms in total. The fourth-order valence-corrected chi connectivity index (χ4v) is 4.45. The van der Waals surface area contributed by atoms with Gasteiger partial charge in [0.25, 0.3) is 5.91 Å². The first-order valence-corrected chi connectivity index (χ1v) is 9.26. The number of carbonyl (C=O) groups excluding carboxylic acids is 1. The van der Waals surface area contributed by atoms with Gasteiger partial charge in [0.15, 0.2) is 0 Å². The highest BCUT2D eigenvalue weighted by Gasteiger charge is 2.37. The molecule has 3 aliphatic heterocycles. The molecule has 1 aromatic carbocycles. The predicted octanol–water partition coefficient (Wildman–Crippen LogP) is 2.89. The molecule has 2 atom stereocenters. The average molecular weight is 323 g/mol. The molecule has 0 radical (unpaired) electrons. The lowest BCUT2D eigenvalue weighted by molar-refractivity contribution is 0.0717. The zero-order chi connectivity index (χ0) is 16.5. The third-order valence-electron chi connectivity index (χ3n) is 6.09. The van der Waals surface area contributed by atoms with Crippen LogP contribution in [0.4, 0.5) is 0 Å². The van der Waals surface area contributed by atoms with Crippen molar-refractivity contribution in [2.24, 2.45) is 11.8 Å². The molecule has 2 bridgehead atoms. The number of piperidine rings is 1. The molecule has 3 saturated heterocycles. The van der Waals surface area contributed by atoms with Crippen molar-refractivity contribution in [1.29, 1.82) is 5.26 Å². The highest BCUT2D eigenvalue weighted by Crippen LogP contribution is 2.33. The minimum absolute atomic E-state index is 0.127. The second-order valence-electron chi connectivity index (χ2n) is 7.75. The summed E-state index contributed by atoms with van der Waals surface area (Å²) in [5.74, 6) is 1.64. The monoisotopic (exact) mass is 323 g/mol. The first-order chi connectivity index (χ1) is 11.7. The van der Waals surface area contributed by atoms with E-state index in [1.807, 2.05) is 0 Å². The summed E-state index contributed by atoms with van der Waals surface area (Å²) in [7, 11) is 0. The number of rotatable bonds is 3. The van der Waals surface area contributed by atoms with Gasteiger partial charge in [-0.05, 0) is 61.8 Å². The van der Waals surface area contributed by atoms with Crippen molar-refractivity contribution >= 4 is 5.91 Å². The Morgan fingerprint density at radius 3 is 2.54 bits per heavy atom. The van der Waals surface area contributed by atoms with Gasteiger partial charge < -0.3 is 4.90 Å². The first-order valence-electron chi connectivity index (χ1n) is 9.26. The quantitative estimate of drug-likeness (QED) is 0.859. The molecule has 1 saturated carbocycles. The number of hydrogen-bond acceptors (Lipinski definition) is 3. The molecule has 0 N–H and O–H groups in total. The van der Waals surface area contributed by atoms with Gasteiger partial charge in [-0.3, -0.25) is 9.69 Å². The summed E-state index contributed by atoms with van der Waals surface area (Å²) in [4.78, 5) is 17.6. The molecule has 126 valence electrons. The zero-order valence-corrected chi connectivity index (χ0v) is 14.2. The maximum atomic E-state index is 12.9. The van der Waals surface area contributed by atoms with Crippen molar-refractivity contribution in [3.63, 3.8) is 0 Å². The molecule has 4 aliphatic rings. The van der Waals surface area contributed by atoms with Crippen LogP contribution in [-0.2, 0) is 0 Å². The van der Waals surface area contributed by atoms with E-state index >= 15 is 0 Å². The molecule has 1 aliphatic carbocycles. The summed E-state index contributed by atoms with van der Waals surface area (Å²) in [6.07, 6.45) is 6.66. The molecule has 0 spiro atoms. The van der Waals surface area contributed by atoms with Crippen LogP contribution in [0.15, 0.2) is 24.3 Å². The van der Waals surface area contributed by atoms with Gasteiger partial charge in [-0.15, -0.1) is 0 Å². The van der Waals surface area contributed by atoms with Crippen LogP contribution in [0.5, 0.6) is 0 Å². The standard InChI is InChI=1S/C20H25N3O/c21-10-15-4-7-18(8-5-15)20(24)23-13-17-6-9-19(14-23)22(12-17)11-16-2-1-3-16/h4-5,7-8,16-17,19H,1-3,6,9,11-14H2/t17-,19-/m0/s1. The van der Waals surface area contributed by atoms with Gasteiger partial charge in [0, 0.05) is 37.8 Å². The Morgan fingerprint density at radius 2 is 1.88 bits per heavy atom. The molecular formula is C20H25N3O. The molecule has 1 amide bonds. The summed E-state index contributed by atoms with van der Waals surface area (Å²) in [6.45, 7) is 4.15. The van der Waals surface area contributed by atoms with Crippen LogP contribution in [0.2, 0.25) is 0 Å². The molecule has 0 aromatic heterocycles. The number of carbonyl (C=O) groups is 1. The lowest BCUT2D eigenvalue weighted by atomic mass is 9.83. The maximum absolute atomic E-state index is 12.9. The fourth-order valence-electron chi connectivity index (χ4n) is 4.45. The summed E-state index contributed by atoms with van der Waals surface area (Å²) < 4.78 is 0. The van der Waals surface area contributed by atoms with E-state index in [-0.39, 0.29) is 5.91 Å². The molecule has 4 fully saturated rings. The highest BCUT2D eigenvalue weighted by atomic mass is 16.2. The lowest BCUT2D eigenvalue weighted by Crippen LogP contribution is -2.47. The molecule has 5 rings (SSSR count). The van der Waals surface area contributed by atoms with Crippen LogP contribution >= 0.6 is 0 Å². The number of hydrogen-bond donors (Lipinski definition) is 0. The molecule has 4 heteroatoms. The van der Waals surface area contributed by atoms with Gasteiger partial charge in [-0.1, -0.05) is 6.42 Å². The minimum atomic E-state index is 0.127. The van der Waals surface area contributed by atoms with E-state index < -0.39 is 0 Å². The van der Waals surface area contributed by atoms with E-state index in [0.29, 0.717) is 23.1 Å². The number of nitrogens with zero attached hydrogens (tertiary/aromatic N) is 3. The summed E-state index contributed by atoms with van der Waals surface area (Å²) >= 11 is 0. The number of fused-ring (bicyclic) bond motifs is 4. The second kappa shape index (κ2) is 6.57. The third kappa shape index (κ3) is 3.06. The zero-order valence-electron chi connectivity index (χ0n) is 14.2. The van der Waals surface area contributed by atoms with E-state index in [4.69, 9.17) is 5.26 Å². The Balaban J connectivity index is 1.46. The summed E-state index contributed by atoms with van der Waals surface area (Å²) in [5, 5.41) is 8.91. The van der Waals surface area contributed by atoms with Crippen LogP contribution in [0.1, 0.15) is 48.0 Å². The van der Waals surface area contributed by atoms with Gasteiger partial charge >= 0.3 is 0 Å². The number of nitriles is 1. The van der Waals surface area contributed by atoms with Crippen molar-refractivity contribution in [2.75, 3.05) is 26.2 Å². The normalized spacial score (nSPS) is 27.4. The van der Waals surface area contributed by atoms with Crippen LogP contribution in [0, 0.1) is 23.2 Å². The SMILES string of the molecule is N#Cc1ccc(C(=O)N2C[C@H]3CC[C@@H](C2)N(CC2CCC2)C3)cc1.